The second-order valence-electron chi connectivity index (χ2n) is 7.97. The minimum Gasteiger partial charge on any atom is -0.322 e. The Kier molecular flexibility index (Phi) is 6.01. The number of halogens is 1. The van der Waals surface area contributed by atoms with Crippen LogP contribution in [0.2, 0.25) is 0 Å². The van der Waals surface area contributed by atoms with Crippen LogP contribution in [0.1, 0.15) is 26.3 Å². The molecule has 0 spiro atoms. The van der Waals surface area contributed by atoms with Crippen LogP contribution in [-0.2, 0) is 0 Å². The number of benzene rings is 5. The van der Waals surface area contributed by atoms with Crippen molar-refractivity contribution >= 4 is 45.3 Å². The van der Waals surface area contributed by atoms with Gasteiger partial charge in [-0.15, -0.1) is 0 Å². The number of hydrogen-bond acceptors (Lipinski definition) is 3. The molecule has 170 valence electrons. The monoisotopic (exact) mass is 461 g/mol. The molecule has 6 heteroatoms. The van der Waals surface area contributed by atoms with E-state index in [1.165, 1.54) is 24.3 Å². The quantitative estimate of drug-likeness (QED) is 0.187. The topological polar surface area (TPSA) is 70.6 Å². The van der Waals surface area contributed by atoms with Gasteiger partial charge < -0.3 is 5.32 Å². The zero-order chi connectivity index (χ0) is 24.2. The Morgan fingerprint density at radius 3 is 1.86 bits per heavy atom. The molecule has 5 nitrogen and oxygen atoms in total. The number of carbonyl (C=O) groups is 2. The molecular formula is C29H20FN3O2. The molecule has 5 rings (SSSR count). The van der Waals surface area contributed by atoms with Crippen LogP contribution in [0.15, 0.2) is 108 Å². The molecule has 0 unspecified atom stereocenters. The van der Waals surface area contributed by atoms with Crippen molar-refractivity contribution in [2.45, 2.75) is 0 Å². The van der Waals surface area contributed by atoms with Crippen LogP contribution in [0.5, 0.6) is 0 Å². The van der Waals surface area contributed by atoms with E-state index in [9.17, 15) is 14.0 Å². The van der Waals surface area contributed by atoms with Gasteiger partial charge in [0.15, 0.2) is 0 Å². The molecule has 0 radical (unpaired) electrons. The van der Waals surface area contributed by atoms with E-state index in [4.69, 9.17) is 0 Å². The summed E-state index contributed by atoms with van der Waals surface area (Å²) in [6.45, 7) is 0. The molecule has 0 saturated heterocycles. The molecule has 0 aromatic heterocycles. The molecule has 0 aliphatic carbocycles. The van der Waals surface area contributed by atoms with Gasteiger partial charge in [0.1, 0.15) is 5.82 Å². The van der Waals surface area contributed by atoms with E-state index in [2.05, 4.69) is 21.9 Å². The summed E-state index contributed by atoms with van der Waals surface area (Å²) >= 11 is 0. The highest BCUT2D eigenvalue weighted by Gasteiger charge is 2.09. The van der Waals surface area contributed by atoms with Crippen molar-refractivity contribution in [1.82, 2.24) is 5.43 Å². The van der Waals surface area contributed by atoms with Crippen molar-refractivity contribution in [3.63, 3.8) is 0 Å². The van der Waals surface area contributed by atoms with Crippen LogP contribution in [0.4, 0.5) is 10.1 Å². The van der Waals surface area contributed by atoms with Gasteiger partial charge in [0, 0.05) is 22.4 Å². The van der Waals surface area contributed by atoms with Gasteiger partial charge in [-0.3, -0.25) is 9.59 Å². The second-order valence-corrected chi connectivity index (χ2v) is 7.97. The molecular weight excluding hydrogens is 441 g/mol. The lowest BCUT2D eigenvalue weighted by atomic mass is 9.97. The fraction of sp³-hybridized carbons (Fsp3) is 0. The van der Waals surface area contributed by atoms with Gasteiger partial charge in [-0.2, -0.15) is 5.10 Å². The van der Waals surface area contributed by atoms with Crippen LogP contribution >= 0.6 is 0 Å². The minimum atomic E-state index is -0.409. The van der Waals surface area contributed by atoms with Gasteiger partial charge in [0.25, 0.3) is 11.8 Å². The van der Waals surface area contributed by atoms with Crippen LogP contribution in [0.3, 0.4) is 0 Å². The summed E-state index contributed by atoms with van der Waals surface area (Å²) in [6.07, 6.45) is 1.67. The average molecular weight is 461 g/mol. The number of carbonyl (C=O) groups excluding carboxylic acids is 2. The molecule has 0 aliphatic heterocycles. The van der Waals surface area contributed by atoms with Gasteiger partial charge in [-0.25, -0.2) is 9.82 Å². The number of hydrogen-bond donors (Lipinski definition) is 2. The van der Waals surface area contributed by atoms with Crippen LogP contribution in [-0.4, -0.2) is 18.0 Å². The lowest BCUT2D eigenvalue weighted by Gasteiger charge is -2.08. The molecule has 0 aliphatic rings. The Balaban J connectivity index is 1.30. The molecule has 0 fully saturated rings. The van der Waals surface area contributed by atoms with Gasteiger partial charge in [0.2, 0.25) is 0 Å². The summed E-state index contributed by atoms with van der Waals surface area (Å²) in [5.74, 6) is -1.15. The van der Waals surface area contributed by atoms with Crippen molar-refractivity contribution in [3.05, 3.63) is 126 Å². The summed E-state index contributed by atoms with van der Waals surface area (Å²) in [5, 5.41) is 11.2. The van der Waals surface area contributed by atoms with Crippen molar-refractivity contribution in [1.29, 1.82) is 0 Å². The molecule has 2 N–H and O–H groups in total. The number of rotatable bonds is 5. The first-order valence-corrected chi connectivity index (χ1v) is 11.0. The van der Waals surface area contributed by atoms with Crippen molar-refractivity contribution in [2.24, 2.45) is 5.10 Å². The predicted molar refractivity (Wildman–Crippen MR) is 137 cm³/mol. The number of nitrogens with one attached hydrogen (secondary N) is 2. The molecule has 0 heterocycles. The highest BCUT2D eigenvalue weighted by molar-refractivity contribution is 6.13. The van der Waals surface area contributed by atoms with Crippen LogP contribution in [0.25, 0.3) is 21.5 Å². The highest BCUT2D eigenvalue weighted by atomic mass is 19.1. The van der Waals surface area contributed by atoms with E-state index < -0.39 is 5.82 Å². The first-order valence-electron chi connectivity index (χ1n) is 11.0. The Morgan fingerprint density at radius 1 is 0.686 bits per heavy atom. The molecule has 2 amide bonds. The number of fused-ring (bicyclic) bond motifs is 2. The van der Waals surface area contributed by atoms with Gasteiger partial charge >= 0.3 is 0 Å². The average Bonchev–Trinajstić information content (AvgIpc) is 2.89. The molecule has 0 bridgehead atoms. The van der Waals surface area contributed by atoms with Crippen molar-refractivity contribution in [3.8, 4) is 0 Å². The Morgan fingerprint density at radius 2 is 1.23 bits per heavy atom. The minimum absolute atomic E-state index is 0.337. The Labute approximate surface area is 200 Å². The van der Waals surface area contributed by atoms with E-state index in [1.807, 2.05) is 48.5 Å². The summed E-state index contributed by atoms with van der Waals surface area (Å²) < 4.78 is 13.0. The molecule has 5 aromatic rings. The molecule has 0 atom stereocenters. The summed E-state index contributed by atoms with van der Waals surface area (Å²) in [4.78, 5) is 24.9. The third-order valence-corrected chi connectivity index (χ3v) is 5.68. The van der Waals surface area contributed by atoms with Gasteiger partial charge in [-0.05, 0) is 76.1 Å². The van der Waals surface area contributed by atoms with E-state index in [0.717, 1.165) is 27.1 Å². The molecule has 5 aromatic carbocycles. The summed E-state index contributed by atoms with van der Waals surface area (Å²) in [5.41, 5.74) is 4.75. The zero-order valence-electron chi connectivity index (χ0n) is 18.5. The fourth-order valence-electron chi connectivity index (χ4n) is 3.92. The Bertz CT molecular complexity index is 1520. The highest BCUT2D eigenvalue weighted by Crippen LogP contribution is 2.27. The number of anilines is 1. The SMILES string of the molecule is O=C(N/N=C/c1c2ccccc2cc2ccccc12)c1ccc(NC(=O)c2ccc(F)cc2)cc1. The standard InChI is InChI=1S/C29H20FN3O2/c30-23-13-9-19(10-14-23)28(34)32-24-15-11-20(12-16-24)29(35)33-31-18-27-25-7-3-1-5-21(25)17-22-6-2-4-8-26(22)27/h1-18H,(H,32,34)(H,33,35)/b31-18+. The first kappa shape index (κ1) is 22.0. The van der Waals surface area contributed by atoms with Crippen molar-refractivity contribution < 1.29 is 14.0 Å². The van der Waals surface area contributed by atoms with E-state index in [-0.39, 0.29) is 11.8 Å². The van der Waals surface area contributed by atoms with Crippen molar-refractivity contribution in [2.75, 3.05) is 5.32 Å². The molecule has 35 heavy (non-hydrogen) atoms. The van der Waals surface area contributed by atoms with Gasteiger partial charge in [0.05, 0.1) is 6.21 Å². The van der Waals surface area contributed by atoms with Crippen LogP contribution in [0, 0.1) is 5.82 Å². The maximum absolute atomic E-state index is 13.0. The third-order valence-electron chi connectivity index (χ3n) is 5.68. The summed E-state index contributed by atoms with van der Waals surface area (Å²) in [6, 6.07) is 29.9. The fourth-order valence-corrected chi connectivity index (χ4v) is 3.92. The number of amides is 2. The Hall–Kier alpha value is -4.84. The van der Waals surface area contributed by atoms with E-state index >= 15 is 0 Å². The second kappa shape index (κ2) is 9.57. The largest absolute Gasteiger partial charge is 0.322 e. The lowest BCUT2D eigenvalue weighted by molar-refractivity contribution is 0.0954. The van der Waals surface area contributed by atoms with Crippen LogP contribution < -0.4 is 10.7 Å². The zero-order valence-corrected chi connectivity index (χ0v) is 18.5. The molecule has 0 saturated carbocycles. The predicted octanol–water partition coefficient (Wildman–Crippen LogP) is 6.15. The maximum Gasteiger partial charge on any atom is 0.271 e. The number of hydrazone groups is 1. The lowest BCUT2D eigenvalue weighted by Crippen LogP contribution is -2.18. The van der Waals surface area contributed by atoms with E-state index in [1.54, 1.807) is 30.5 Å². The normalized spacial score (nSPS) is 11.1. The smallest absolute Gasteiger partial charge is 0.271 e. The summed E-state index contributed by atoms with van der Waals surface area (Å²) in [7, 11) is 0. The van der Waals surface area contributed by atoms with Gasteiger partial charge in [-0.1, -0.05) is 48.5 Å². The first-order chi connectivity index (χ1) is 17.1. The maximum atomic E-state index is 13.0. The van der Waals surface area contributed by atoms with E-state index in [0.29, 0.717) is 16.8 Å². The number of nitrogens with zero attached hydrogens (tertiary/aromatic N) is 1. The third kappa shape index (κ3) is 4.77.